The quantitative estimate of drug-likeness (QED) is 0.546. The Morgan fingerprint density at radius 2 is 1.94 bits per heavy atom. The van der Waals surface area contributed by atoms with Crippen LogP contribution in [0.15, 0.2) is 5.16 Å². The van der Waals surface area contributed by atoms with E-state index in [0.717, 1.165) is 17.5 Å². The van der Waals surface area contributed by atoms with E-state index in [-0.39, 0.29) is 0 Å². The minimum Gasteiger partial charge on any atom is -0.411 e. The van der Waals surface area contributed by atoms with Crippen molar-refractivity contribution >= 4 is 5.71 Å². The number of likely N-dealkylation sites (tertiary alicyclic amines) is 1. The first-order valence-corrected chi connectivity index (χ1v) is 6.75. The van der Waals surface area contributed by atoms with Crippen molar-refractivity contribution in [2.24, 2.45) is 22.9 Å². The van der Waals surface area contributed by atoms with E-state index < -0.39 is 0 Å². The summed E-state index contributed by atoms with van der Waals surface area (Å²) in [5.41, 5.74) is 1.10. The lowest BCUT2D eigenvalue weighted by Crippen LogP contribution is -2.48. The molecule has 2 saturated carbocycles. The Balaban J connectivity index is 1.74. The van der Waals surface area contributed by atoms with E-state index in [4.69, 9.17) is 0 Å². The zero-order valence-electron chi connectivity index (χ0n) is 10.1. The lowest BCUT2D eigenvalue weighted by molar-refractivity contribution is 0.138. The number of hydrogen-bond donors (Lipinski definition) is 1. The van der Waals surface area contributed by atoms with Gasteiger partial charge in [-0.05, 0) is 57.0 Å². The maximum absolute atomic E-state index is 9.20. The maximum atomic E-state index is 9.20. The van der Waals surface area contributed by atoms with E-state index in [2.05, 4.69) is 17.0 Å². The van der Waals surface area contributed by atoms with Crippen molar-refractivity contribution in [1.29, 1.82) is 0 Å². The minimum absolute atomic E-state index is 0.483. The van der Waals surface area contributed by atoms with E-state index in [0.29, 0.717) is 12.0 Å². The largest absolute Gasteiger partial charge is 0.411 e. The highest BCUT2D eigenvalue weighted by Crippen LogP contribution is 2.45. The summed E-state index contributed by atoms with van der Waals surface area (Å²) in [5, 5.41) is 12.8. The first kappa shape index (κ1) is 10.6. The molecule has 2 bridgehead atoms. The molecule has 2 aliphatic carbocycles. The van der Waals surface area contributed by atoms with Crippen molar-refractivity contribution in [1.82, 2.24) is 4.90 Å². The summed E-state index contributed by atoms with van der Waals surface area (Å²) >= 11 is 0. The predicted molar refractivity (Wildman–Crippen MR) is 63.8 cm³/mol. The summed E-state index contributed by atoms with van der Waals surface area (Å²) in [4.78, 5) is 2.58. The lowest BCUT2D eigenvalue weighted by atomic mass is 9.89. The minimum atomic E-state index is 0.483. The zero-order chi connectivity index (χ0) is 11.1. The fraction of sp³-hybridized carbons (Fsp3) is 0.923. The van der Waals surface area contributed by atoms with Gasteiger partial charge < -0.3 is 5.21 Å². The molecule has 0 aromatic rings. The average molecular weight is 222 g/mol. The molecule has 1 aliphatic heterocycles. The monoisotopic (exact) mass is 222 g/mol. The topological polar surface area (TPSA) is 35.8 Å². The second-order valence-electron chi connectivity index (χ2n) is 5.96. The summed E-state index contributed by atoms with van der Waals surface area (Å²) in [6.45, 7) is 4.75. The van der Waals surface area contributed by atoms with Gasteiger partial charge in [-0.25, -0.2) is 0 Å². The van der Waals surface area contributed by atoms with Crippen LogP contribution in [0, 0.1) is 17.8 Å². The van der Waals surface area contributed by atoms with Crippen molar-refractivity contribution < 1.29 is 5.21 Å². The fourth-order valence-corrected chi connectivity index (χ4v) is 3.99. The molecule has 3 aliphatic rings. The van der Waals surface area contributed by atoms with Gasteiger partial charge in [0, 0.05) is 5.92 Å². The highest BCUT2D eigenvalue weighted by atomic mass is 16.4. The van der Waals surface area contributed by atoms with Crippen LogP contribution in [-0.2, 0) is 0 Å². The van der Waals surface area contributed by atoms with Gasteiger partial charge in [0.2, 0.25) is 0 Å². The van der Waals surface area contributed by atoms with Gasteiger partial charge in [-0.3, -0.25) is 4.90 Å². The molecule has 1 saturated heterocycles. The van der Waals surface area contributed by atoms with Gasteiger partial charge in [0.25, 0.3) is 0 Å². The van der Waals surface area contributed by atoms with E-state index in [1.807, 2.05) is 0 Å². The molecule has 0 amide bonds. The number of rotatable bonds is 1. The standard InChI is InChI=1S/C13H22N2O/c1-9-4-6-15(7-5-9)13-11-3-2-10(8-11)12(13)14-16/h9-11,13,16H,2-8H2,1H3/b14-12-/t10-,11+,13+/m0/s1. The molecule has 0 radical (unpaired) electrons. The molecule has 3 fully saturated rings. The third-order valence-electron chi connectivity index (χ3n) is 4.97. The number of nitrogens with zero attached hydrogens (tertiary/aromatic N) is 2. The van der Waals surface area contributed by atoms with Crippen LogP contribution in [0.1, 0.15) is 39.0 Å². The summed E-state index contributed by atoms with van der Waals surface area (Å²) in [5.74, 6) is 2.26. The van der Waals surface area contributed by atoms with Crippen molar-refractivity contribution in [2.75, 3.05) is 13.1 Å². The summed E-state index contributed by atoms with van der Waals surface area (Å²) < 4.78 is 0. The van der Waals surface area contributed by atoms with Gasteiger partial charge in [0.15, 0.2) is 0 Å². The maximum Gasteiger partial charge on any atom is 0.0775 e. The Hall–Kier alpha value is -0.570. The number of hydrogen-bond acceptors (Lipinski definition) is 3. The number of fused-ring (bicyclic) bond motifs is 2. The molecule has 0 aromatic carbocycles. The van der Waals surface area contributed by atoms with Gasteiger partial charge in [0.05, 0.1) is 11.8 Å². The van der Waals surface area contributed by atoms with Gasteiger partial charge in [-0.15, -0.1) is 0 Å². The van der Waals surface area contributed by atoms with Gasteiger partial charge in [0.1, 0.15) is 0 Å². The zero-order valence-corrected chi connectivity index (χ0v) is 10.1. The van der Waals surface area contributed by atoms with Crippen molar-refractivity contribution in [2.45, 2.75) is 45.1 Å². The molecule has 0 unspecified atom stereocenters. The number of piperidine rings is 1. The lowest BCUT2D eigenvalue weighted by Gasteiger charge is -2.38. The molecule has 3 rings (SSSR count). The third kappa shape index (κ3) is 1.56. The Labute approximate surface area is 97.5 Å². The summed E-state index contributed by atoms with van der Waals surface area (Å²) in [7, 11) is 0. The molecule has 1 heterocycles. The molecule has 90 valence electrons. The molecule has 3 nitrogen and oxygen atoms in total. The number of oxime groups is 1. The van der Waals surface area contributed by atoms with E-state index in [1.165, 1.54) is 45.2 Å². The highest BCUT2D eigenvalue weighted by molar-refractivity contribution is 5.94. The Kier molecular flexibility index (Phi) is 2.66. The third-order valence-corrected chi connectivity index (χ3v) is 4.97. The van der Waals surface area contributed by atoms with Crippen LogP contribution >= 0.6 is 0 Å². The molecular formula is C13H22N2O. The van der Waals surface area contributed by atoms with Crippen molar-refractivity contribution in [3.8, 4) is 0 Å². The molecule has 16 heavy (non-hydrogen) atoms. The van der Waals surface area contributed by atoms with Crippen molar-refractivity contribution in [3.63, 3.8) is 0 Å². The Morgan fingerprint density at radius 3 is 2.62 bits per heavy atom. The molecular weight excluding hydrogens is 200 g/mol. The van der Waals surface area contributed by atoms with Crippen LogP contribution in [0.25, 0.3) is 0 Å². The van der Waals surface area contributed by atoms with E-state index >= 15 is 0 Å². The second-order valence-corrected chi connectivity index (χ2v) is 5.96. The highest BCUT2D eigenvalue weighted by Gasteiger charge is 2.48. The van der Waals surface area contributed by atoms with Crippen molar-refractivity contribution in [3.05, 3.63) is 0 Å². The fourth-order valence-electron chi connectivity index (χ4n) is 3.99. The van der Waals surface area contributed by atoms with E-state index in [1.54, 1.807) is 0 Å². The van der Waals surface area contributed by atoms with Crippen LogP contribution in [-0.4, -0.2) is 35.0 Å². The first-order chi connectivity index (χ1) is 7.79. The van der Waals surface area contributed by atoms with Crippen LogP contribution in [0.5, 0.6) is 0 Å². The predicted octanol–water partition coefficient (Wildman–Crippen LogP) is 2.35. The normalized spacial score (nSPS) is 43.3. The van der Waals surface area contributed by atoms with Gasteiger partial charge in [-0.1, -0.05) is 12.1 Å². The second kappa shape index (κ2) is 4.02. The molecule has 1 N–H and O–H groups in total. The Bertz CT molecular complexity index is 294. The summed E-state index contributed by atoms with van der Waals surface area (Å²) in [6, 6.07) is 0.483. The Morgan fingerprint density at radius 1 is 1.19 bits per heavy atom. The van der Waals surface area contributed by atoms with E-state index in [9.17, 15) is 5.21 Å². The first-order valence-electron chi connectivity index (χ1n) is 6.75. The molecule has 3 atom stereocenters. The van der Waals surface area contributed by atoms with Crippen LogP contribution in [0.4, 0.5) is 0 Å². The molecule has 3 heteroatoms. The molecule has 0 spiro atoms. The summed E-state index contributed by atoms with van der Waals surface area (Å²) in [6.07, 6.45) is 6.50. The SMILES string of the molecule is CC1CCN([C@H]2/C(=N\O)[C@H]3CC[C@@H]2C3)CC1. The smallest absolute Gasteiger partial charge is 0.0775 e. The van der Waals surface area contributed by atoms with Gasteiger partial charge in [-0.2, -0.15) is 0 Å². The average Bonchev–Trinajstić information content (AvgIpc) is 2.89. The van der Waals surface area contributed by atoms with Gasteiger partial charge >= 0.3 is 0 Å². The van der Waals surface area contributed by atoms with Crippen LogP contribution < -0.4 is 0 Å². The van der Waals surface area contributed by atoms with Crippen LogP contribution in [0.3, 0.4) is 0 Å². The molecule has 0 aromatic heterocycles. The van der Waals surface area contributed by atoms with Crippen LogP contribution in [0.2, 0.25) is 0 Å².